The van der Waals surface area contributed by atoms with Gasteiger partial charge in [0.25, 0.3) is 0 Å². The number of amides is 1. The Labute approximate surface area is 134 Å². The Kier molecular flexibility index (Phi) is 3.82. The number of benzene rings is 2. The van der Waals surface area contributed by atoms with E-state index in [1.807, 2.05) is 31.2 Å². The van der Waals surface area contributed by atoms with E-state index in [2.05, 4.69) is 16.4 Å². The Morgan fingerprint density at radius 3 is 2.74 bits per heavy atom. The van der Waals surface area contributed by atoms with E-state index in [0.717, 1.165) is 16.7 Å². The highest BCUT2D eigenvalue weighted by Crippen LogP contribution is 2.31. The van der Waals surface area contributed by atoms with Gasteiger partial charge in [0.05, 0.1) is 24.1 Å². The molecule has 0 radical (unpaired) electrons. The van der Waals surface area contributed by atoms with Crippen molar-refractivity contribution in [3.8, 4) is 11.8 Å². The van der Waals surface area contributed by atoms with Crippen LogP contribution in [0.3, 0.4) is 0 Å². The quantitative estimate of drug-likeness (QED) is 0.927. The molecule has 1 aliphatic heterocycles. The molecule has 2 aromatic carbocycles. The molecule has 1 N–H and O–H groups in total. The zero-order valence-corrected chi connectivity index (χ0v) is 12.9. The van der Waals surface area contributed by atoms with Gasteiger partial charge in [-0.3, -0.25) is 9.79 Å². The van der Waals surface area contributed by atoms with Crippen molar-refractivity contribution in [1.29, 1.82) is 5.26 Å². The van der Waals surface area contributed by atoms with Crippen LogP contribution in [0, 0.1) is 18.3 Å². The average Bonchev–Trinajstić information content (AvgIpc) is 2.72. The average molecular weight is 305 g/mol. The summed E-state index contributed by atoms with van der Waals surface area (Å²) in [6.07, 6.45) is 0. The Morgan fingerprint density at radius 1 is 1.26 bits per heavy atom. The maximum atomic E-state index is 11.9. The van der Waals surface area contributed by atoms with Gasteiger partial charge < -0.3 is 10.1 Å². The zero-order valence-electron chi connectivity index (χ0n) is 12.9. The van der Waals surface area contributed by atoms with Gasteiger partial charge in [-0.25, -0.2) is 0 Å². The normalized spacial score (nSPS) is 13.3. The molecular formula is C18H15N3O2. The molecule has 23 heavy (non-hydrogen) atoms. The number of methoxy groups -OCH3 is 1. The van der Waals surface area contributed by atoms with Crippen LogP contribution in [-0.2, 0) is 4.79 Å². The SMILES string of the molecule is COc1cc2c(cc1C#N)C(c1ccccc1C)=NCC(=O)N2. The number of carbonyl (C=O) groups excluding carboxylic acids is 1. The van der Waals surface area contributed by atoms with Gasteiger partial charge in [-0.05, 0) is 18.6 Å². The minimum atomic E-state index is -0.193. The summed E-state index contributed by atoms with van der Waals surface area (Å²) in [5.74, 6) is 0.235. The molecule has 114 valence electrons. The number of nitrogens with zero attached hydrogens (tertiary/aromatic N) is 2. The topological polar surface area (TPSA) is 74.5 Å². The molecule has 0 unspecified atom stereocenters. The standard InChI is InChI=1S/C18H15N3O2/c1-11-5-3-4-6-13(11)18-14-7-12(9-19)16(23-2)8-15(14)21-17(22)10-20-18/h3-8H,10H2,1-2H3,(H,21,22). The summed E-state index contributed by atoms with van der Waals surface area (Å²) >= 11 is 0. The first-order valence-corrected chi connectivity index (χ1v) is 7.17. The number of ether oxygens (including phenoxy) is 1. The van der Waals surface area contributed by atoms with Gasteiger partial charge in [0.2, 0.25) is 5.91 Å². The van der Waals surface area contributed by atoms with Crippen LogP contribution >= 0.6 is 0 Å². The van der Waals surface area contributed by atoms with Crippen molar-refractivity contribution in [2.24, 2.45) is 4.99 Å². The number of hydrogen-bond acceptors (Lipinski definition) is 4. The van der Waals surface area contributed by atoms with Crippen molar-refractivity contribution in [3.05, 3.63) is 58.7 Å². The van der Waals surface area contributed by atoms with E-state index >= 15 is 0 Å². The Balaban J connectivity index is 2.26. The van der Waals surface area contributed by atoms with Crippen LogP contribution in [0.15, 0.2) is 41.4 Å². The van der Waals surface area contributed by atoms with E-state index in [1.165, 1.54) is 7.11 Å². The third-order valence-corrected chi connectivity index (χ3v) is 3.77. The predicted molar refractivity (Wildman–Crippen MR) is 88.0 cm³/mol. The Hall–Kier alpha value is -3.13. The third kappa shape index (κ3) is 2.67. The van der Waals surface area contributed by atoms with Crippen molar-refractivity contribution in [1.82, 2.24) is 0 Å². The van der Waals surface area contributed by atoms with Crippen LogP contribution in [0.2, 0.25) is 0 Å². The Morgan fingerprint density at radius 2 is 2.04 bits per heavy atom. The first-order chi connectivity index (χ1) is 11.1. The molecule has 0 saturated carbocycles. The number of aliphatic imine (C=N–C) groups is 1. The molecule has 0 fully saturated rings. The fourth-order valence-electron chi connectivity index (χ4n) is 2.63. The highest BCUT2D eigenvalue weighted by atomic mass is 16.5. The minimum absolute atomic E-state index is 0.0442. The summed E-state index contributed by atoms with van der Waals surface area (Å²) in [5.41, 5.74) is 4.44. The monoisotopic (exact) mass is 305 g/mol. The second kappa shape index (κ2) is 5.93. The molecule has 0 bridgehead atoms. The lowest BCUT2D eigenvalue weighted by atomic mass is 9.95. The number of rotatable bonds is 2. The van der Waals surface area contributed by atoms with Crippen LogP contribution in [0.5, 0.6) is 5.75 Å². The van der Waals surface area contributed by atoms with Crippen molar-refractivity contribution in [2.45, 2.75) is 6.92 Å². The molecular weight excluding hydrogens is 290 g/mol. The summed E-state index contributed by atoms with van der Waals surface area (Å²) in [6, 6.07) is 13.3. The lowest BCUT2D eigenvalue weighted by Gasteiger charge is -2.14. The molecule has 2 aromatic rings. The van der Waals surface area contributed by atoms with Crippen LogP contribution in [0.25, 0.3) is 0 Å². The van der Waals surface area contributed by atoms with Gasteiger partial charge in [-0.2, -0.15) is 5.26 Å². The van der Waals surface area contributed by atoms with E-state index in [-0.39, 0.29) is 12.5 Å². The Bertz CT molecular complexity index is 863. The van der Waals surface area contributed by atoms with Crippen molar-refractivity contribution >= 4 is 17.3 Å². The number of carbonyl (C=O) groups is 1. The minimum Gasteiger partial charge on any atom is -0.495 e. The number of fused-ring (bicyclic) bond motifs is 1. The summed E-state index contributed by atoms with van der Waals surface area (Å²) in [4.78, 5) is 16.4. The molecule has 5 nitrogen and oxygen atoms in total. The highest BCUT2D eigenvalue weighted by Gasteiger charge is 2.21. The van der Waals surface area contributed by atoms with Gasteiger partial charge in [-0.15, -0.1) is 0 Å². The molecule has 5 heteroatoms. The maximum Gasteiger partial charge on any atom is 0.246 e. The number of nitriles is 1. The van der Waals surface area contributed by atoms with E-state index in [0.29, 0.717) is 22.7 Å². The fourth-order valence-corrected chi connectivity index (χ4v) is 2.63. The van der Waals surface area contributed by atoms with Crippen LogP contribution in [0.4, 0.5) is 5.69 Å². The summed E-state index contributed by atoms with van der Waals surface area (Å²) in [6.45, 7) is 2.04. The molecule has 3 rings (SSSR count). The molecule has 1 aliphatic rings. The summed E-state index contributed by atoms with van der Waals surface area (Å²) in [5, 5.41) is 12.2. The summed E-state index contributed by atoms with van der Waals surface area (Å²) in [7, 11) is 1.50. The number of aryl methyl sites for hydroxylation is 1. The number of benzodiazepines with no additional fused rings is 1. The first-order valence-electron chi connectivity index (χ1n) is 7.17. The van der Waals surface area contributed by atoms with Crippen molar-refractivity contribution in [3.63, 3.8) is 0 Å². The second-order valence-electron chi connectivity index (χ2n) is 5.24. The molecule has 0 spiro atoms. The molecule has 1 amide bonds. The lowest BCUT2D eigenvalue weighted by Crippen LogP contribution is -2.13. The molecule has 0 atom stereocenters. The molecule has 0 aromatic heterocycles. The van der Waals surface area contributed by atoms with Crippen LogP contribution in [-0.4, -0.2) is 25.3 Å². The van der Waals surface area contributed by atoms with E-state index in [1.54, 1.807) is 12.1 Å². The summed E-state index contributed by atoms with van der Waals surface area (Å²) < 4.78 is 5.23. The smallest absolute Gasteiger partial charge is 0.246 e. The highest BCUT2D eigenvalue weighted by molar-refractivity contribution is 6.20. The first kappa shape index (κ1) is 14.8. The van der Waals surface area contributed by atoms with Gasteiger partial charge in [0.15, 0.2) is 0 Å². The fraction of sp³-hybridized carbons (Fsp3) is 0.167. The van der Waals surface area contributed by atoms with E-state index in [4.69, 9.17) is 4.74 Å². The maximum absolute atomic E-state index is 11.9. The van der Waals surface area contributed by atoms with Gasteiger partial charge in [0.1, 0.15) is 18.4 Å². The van der Waals surface area contributed by atoms with Crippen LogP contribution < -0.4 is 10.1 Å². The molecule has 1 heterocycles. The largest absolute Gasteiger partial charge is 0.495 e. The van der Waals surface area contributed by atoms with E-state index < -0.39 is 0 Å². The van der Waals surface area contributed by atoms with Crippen molar-refractivity contribution < 1.29 is 9.53 Å². The lowest BCUT2D eigenvalue weighted by molar-refractivity contribution is -0.114. The van der Waals surface area contributed by atoms with Gasteiger partial charge >= 0.3 is 0 Å². The van der Waals surface area contributed by atoms with Crippen LogP contribution in [0.1, 0.15) is 22.3 Å². The third-order valence-electron chi connectivity index (χ3n) is 3.77. The van der Waals surface area contributed by atoms with E-state index in [9.17, 15) is 10.1 Å². The van der Waals surface area contributed by atoms with Gasteiger partial charge in [-0.1, -0.05) is 24.3 Å². The number of nitrogens with one attached hydrogen (secondary N) is 1. The molecule has 0 saturated heterocycles. The van der Waals surface area contributed by atoms with Crippen molar-refractivity contribution in [2.75, 3.05) is 19.0 Å². The van der Waals surface area contributed by atoms with Gasteiger partial charge in [0, 0.05) is 17.2 Å². The zero-order chi connectivity index (χ0) is 16.4. The molecule has 0 aliphatic carbocycles. The number of anilines is 1. The predicted octanol–water partition coefficient (Wildman–Crippen LogP) is 2.66. The second-order valence-corrected chi connectivity index (χ2v) is 5.24. The number of hydrogen-bond donors (Lipinski definition) is 1.